The molecule has 0 aliphatic rings. The second kappa shape index (κ2) is 7.26. The van der Waals surface area contributed by atoms with Crippen molar-refractivity contribution in [2.45, 2.75) is 40.2 Å². The largest absolute Gasteiger partial charge is 0.494 e. The zero-order valence-corrected chi connectivity index (χ0v) is 18.3. The van der Waals surface area contributed by atoms with Crippen LogP contribution in [-0.2, 0) is 27.1 Å². The predicted molar refractivity (Wildman–Crippen MR) is 118 cm³/mol. The van der Waals surface area contributed by atoms with Gasteiger partial charge in [0.1, 0.15) is 0 Å². The van der Waals surface area contributed by atoms with E-state index in [0.717, 1.165) is 21.3 Å². The molecular formula is C22H25N5O4. The van der Waals surface area contributed by atoms with Gasteiger partial charge >= 0.3 is 5.69 Å². The van der Waals surface area contributed by atoms with Crippen LogP contribution in [0.5, 0.6) is 5.88 Å². The normalized spacial score (nSPS) is 11.6. The summed E-state index contributed by atoms with van der Waals surface area (Å²) in [5, 5.41) is 11.1. The maximum atomic E-state index is 13.3. The van der Waals surface area contributed by atoms with Crippen molar-refractivity contribution in [2.24, 2.45) is 14.1 Å². The molecule has 0 unspecified atom stereocenters. The molecule has 3 aromatic heterocycles. The number of rotatable bonds is 4. The molecule has 9 nitrogen and oxygen atoms in total. The molecule has 0 aliphatic carbocycles. The zero-order chi connectivity index (χ0) is 22.6. The highest BCUT2D eigenvalue weighted by molar-refractivity contribution is 5.75. The van der Waals surface area contributed by atoms with Gasteiger partial charge in [0, 0.05) is 14.1 Å². The van der Waals surface area contributed by atoms with E-state index in [4.69, 9.17) is 0 Å². The summed E-state index contributed by atoms with van der Waals surface area (Å²) in [6, 6.07) is 6.02. The molecule has 4 aromatic rings. The third-order valence-corrected chi connectivity index (χ3v) is 5.80. The summed E-state index contributed by atoms with van der Waals surface area (Å²) in [6.07, 6.45) is 0.986. The Balaban J connectivity index is 2.20. The van der Waals surface area contributed by atoms with Crippen LogP contribution in [-0.4, -0.2) is 28.2 Å². The van der Waals surface area contributed by atoms with Crippen LogP contribution in [0, 0.1) is 13.8 Å². The first kappa shape index (κ1) is 20.6. The van der Waals surface area contributed by atoms with Gasteiger partial charge in [0.25, 0.3) is 11.1 Å². The van der Waals surface area contributed by atoms with Crippen molar-refractivity contribution < 1.29 is 5.11 Å². The number of benzene rings is 1. The lowest BCUT2D eigenvalue weighted by atomic mass is 10.1. The first-order valence-corrected chi connectivity index (χ1v) is 10.2. The van der Waals surface area contributed by atoms with Gasteiger partial charge in [-0.2, -0.15) is 4.98 Å². The van der Waals surface area contributed by atoms with Crippen molar-refractivity contribution in [1.29, 1.82) is 0 Å². The van der Waals surface area contributed by atoms with Crippen LogP contribution < -0.4 is 16.8 Å². The molecule has 4 rings (SSSR count). The van der Waals surface area contributed by atoms with Crippen LogP contribution in [0.2, 0.25) is 0 Å². The standard InChI is InChI=1S/C22H25N5O4/c1-6-7-15-18(28)26(11-14-10-12(2)8-9-13(14)3)21-23-17-16(27(21)19(15)29)20(30)25(5)22(31)24(17)4/h8-10,28H,6-7,11H2,1-5H3. The van der Waals surface area contributed by atoms with Gasteiger partial charge in [-0.1, -0.05) is 37.1 Å². The number of aryl methyl sites for hydroxylation is 3. The monoisotopic (exact) mass is 423 g/mol. The highest BCUT2D eigenvalue weighted by Crippen LogP contribution is 2.23. The average molecular weight is 423 g/mol. The molecule has 0 bridgehead atoms. The minimum absolute atomic E-state index is 0.0247. The molecule has 162 valence electrons. The van der Waals surface area contributed by atoms with Crippen molar-refractivity contribution in [3.8, 4) is 5.88 Å². The van der Waals surface area contributed by atoms with Gasteiger partial charge in [-0.3, -0.25) is 23.3 Å². The van der Waals surface area contributed by atoms with E-state index < -0.39 is 16.8 Å². The van der Waals surface area contributed by atoms with Gasteiger partial charge in [-0.05, 0) is 31.4 Å². The summed E-state index contributed by atoms with van der Waals surface area (Å²) in [7, 11) is 2.87. The Morgan fingerprint density at radius 1 is 1.03 bits per heavy atom. The van der Waals surface area contributed by atoms with E-state index in [1.165, 1.54) is 27.6 Å². The number of aromatic hydroxyl groups is 1. The molecule has 0 spiro atoms. The highest BCUT2D eigenvalue weighted by atomic mass is 16.3. The molecule has 0 radical (unpaired) electrons. The Hall–Kier alpha value is -3.62. The second-order valence-electron chi connectivity index (χ2n) is 8.00. The summed E-state index contributed by atoms with van der Waals surface area (Å²) in [6.45, 7) is 6.12. The van der Waals surface area contributed by atoms with Crippen molar-refractivity contribution in [2.75, 3.05) is 0 Å². The number of fused-ring (bicyclic) bond motifs is 3. The van der Waals surface area contributed by atoms with Gasteiger partial charge in [-0.15, -0.1) is 0 Å². The summed E-state index contributed by atoms with van der Waals surface area (Å²) in [4.78, 5) is 43.1. The van der Waals surface area contributed by atoms with E-state index in [2.05, 4.69) is 4.98 Å². The topological polar surface area (TPSA) is 104 Å². The average Bonchev–Trinajstić information content (AvgIpc) is 3.14. The van der Waals surface area contributed by atoms with Crippen LogP contribution in [0.25, 0.3) is 16.9 Å². The molecule has 9 heteroatoms. The van der Waals surface area contributed by atoms with Crippen molar-refractivity contribution in [1.82, 2.24) is 23.1 Å². The van der Waals surface area contributed by atoms with Crippen LogP contribution in [0.4, 0.5) is 0 Å². The Morgan fingerprint density at radius 3 is 2.42 bits per heavy atom. The molecule has 0 aliphatic heterocycles. The lowest BCUT2D eigenvalue weighted by Gasteiger charge is -2.16. The Bertz CT molecular complexity index is 1530. The maximum absolute atomic E-state index is 13.3. The summed E-state index contributed by atoms with van der Waals surface area (Å²) in [5.74, 6) is -0.0473. The SMILES string of the molecule is CCCc1c(O)n(Cc2cc(C)ccc2C)c2nc3c(c(=O)n(C)c(=O)n3C)n2c1=O. The third kappa shape index (κ3) is 2.99. The van der Waals surface area contributed by atoms with E-state index in [1.54, 1.807) is 0 Å². The van der Waals surface area contributed by atoms with Crippen LogP contribution in [0.3, 0.4) is 0 Å². The molecule has 0 amide bonds. The fraction of sp³-hybridized carbons (Fsp3) is 0.364. The smallest absolute Gasteiger partial charge is 0.332 e. The van der Waals surface area contributed by atoms with E-state index >= 15 is 0 Å². The lowest BCUT2D eigenvalue weighted by molar-refractivity contribution is 0.411. The first-order valence-electron chi connectivity index (χ1n) is 10.2. The lowest BCUT2D eigenvalue weighted by Crippen LogP contribution is -2.38. The number of hydrogen-bond donors (Lipinski definition) is 1. The summed E-state index contributed by atoms with van der Waals surface area (Å²) in [5.41, 5.74) is 1.76. The molecule has 0 atom stereocenters. The minimum atomic E-state index is -0.603. The van der Waals surface area contributed by atoms with Crippen LogP contribution >= 0.6 is 0 Å². The summed E-state index contributed by atoms with van der Waals surface area (Å²) < 4.78 is 4.96. The van der Waals surface area contributed by atoms with Gasteiger partial charge in [-0.25, -0.2) is 9.20 Å². The minimum Gasteiger partial charge on any atom is -0.494 e. The van der Waals surface area contributed by atoms with Crippen molar-refractivity contribution >= 4 is 16.9 Å². The van der Waals surface area contributed by atoms with E-state index in [0.29, 0.717) is 12.8 Å². The van der Waals surface area contributed by atoms with Gasteiger partial charge < -0.3 is 5.11 Å². The van der Waals surface area contributed by atoms with Gasteiger partial charge in [0.05, 0.1) is 12.1 Å². The molecule has 31 heavy (non-hydrogen) atoms. The maximum Gasteiger partial charge on any atom is 0.332 e. The Morgan fingerprint density at radius 2 is 1.74 bits per heavy atom. The number of nitrogens with zero attached hydrogens (tertiary/aromatic N) is 5. The van der Waals surface area contributed by atoms with Gasteiger partial charge in [0.15, 0.2) is 11.2 Å². The van der Waals surface area contributed by atoms with Crippen LogP contribution in [0.15, 0.2) is 32.6 Å². The molecular weight excluding hydrogens is 398 g/mol. The van der Waals surface area contributed by atoms with Gasteiger partial charge in [0.2, 0.25) is 11.7 Å². The molecule has 1 N–H and O–H groups in total. The fourth-order valence-electron chi connectivity index (χ4n) is 4.00. The van der Waals surface area contributed by atoms with Crippen molar-refractivity contribution in [3.63, 3.8) is 0 Å². The molecule has 1 aromatic carbocycles. The fourth-order valence-corrected chi connectivity index (χ4v) is 4.00. The predicted octanol–water partition coefficient (Wildman–Crippen LogP) is 1.37. The Kier molecular flexibility index (Phi) is 4.83. The molecule has 0 saturated heterocycles. The third-order valence-electron chi connectivity index (χ3n) is 5.80. The zero-order valence-electron chi connectivity index (χ0n) is 18.3. The van der Waals surface area contributed by atoms with E-state index in [-0.39, 0.29) is 34.9 Å². The number of hydrogen-bond acceptors (Lipinski definition) is 5. The number of aromatic nitrogens is 5. The highest BCUT2D eigenvalue weighted by Gasteiger charge is 2.24. The van der Waals surface area contributed by atoms with E-state index in [9.17, 15) is 19.5 Å². The molecule has 0 saturated carbocycles. The summed E-state index contributed by atoms with van der Waals surface area (Å²) >= 11 is 0. The second-order valence-corrected chi connectivity index (χ2v) is 8.00. The quantitative estimate of drug-likeness (QED) is 0.534. The first-order chi connectivity index (χ1) is 14.7. The number of imidazole rings is 1. The van der Waals surface area contributed by atoms with Crippen molar-refractivity contribution in [3.05, 3.63) is 71.6 Å². The van der Waals surface area contributed by atoms with Crippen LogP contribution in [0.1, 0.15) is 35.6 Å². The van der Waals surface area contributed by atoms with E-state index in [1.807, 2.05) is 39.0 Å². The Labute approximate surface area is 177 Å². The molecule has 0 fully saturated rings. The molecule has 3 heterocycles.